The van der Waals surface area contributed by atoms with Crippen LogP contribution in [0.15, 0.2) is 24.5 Å². The molecule has 0 aromatic carbocycles. The Morgan fingerprint density at radius 2 is 1.90 bits per heavy atom. The van der Waals surface area contributed by atoms with E-state index in [1.54, 1.807) is 11.3 Å². The first-order valence-corrected chi connectivity index (χ1v) is 8.04. The number of aromatic nitrogens is 2. The molecule has 0 spiro atoms. The van der Waals surface area contributed by atoms with Crippen LogP contribution in [-0.4, -0.2) is 22.6 Å². The Kier molecular flexibility index (Phi) is 5.19. The first-order valence-electron chi connectivity index (χ1n) is 6.85. The molecule has 0 unspecified atom stereocenters. The molecule has 2 aromatic heterocycles. The molecule has 0 radical (unpaired) electrons. The van der Waals surface area contributed by atoms with Crippen LogP contribution in [-0.2, 0) is 13.1 Å². The molecule has 2 heterocycles. The van der Waals surface area contributed by atoms with Crippen LogP contribution < -0.4 is 10.2 Å². The highest BCUT2D eigenvalue weighted by molar-refractivity contribution is 7.16. The number of anilines is 1. The van der Waals surface area contributed by atoms with E-state index < -0.39 is 0 Å². The summed E-state index contributed by atoms with van der Waals surface area (Å²) in [6.45, 7) is 7.96. The Hall–Kier alpha value is -1.17. The van der Waals surface area contributed by atoms with Crippen molar-refractivity contribution in [3.63, 3.8) is 0 Å². The van der Waals surface area contributed by atoms with Gasteiger partial charge in [0.05, 0.1) is 10.9 Å². The van der Waals surface area contributed by atoms with E-state index in [9.17, 15) is 0 Å². The minimum absolute atomic E-state index is 0.0912. The molecule has 0 aliphatic rings. The number of nitrogens with zero attached hydrogens (tertiary/aromatic N) is 3. The lowest BCUT2D eigenvalue weighted by Gasteiger charge is -2.20. The van der Waals surface area contributed by atoms with Gasteiger partial charge in [-0.25, -0.2) is 9.97 Å². The van der Waals surface area contributed by atoms with E-state index in [1.807, 2.05) is 36.5 Å². The van der Waals surface area contributed by atoms with Gasteiger partial charge in [0.2, 0.25) is 5.95 Å². The summed E-state index contributed by atoms with van der Waals surface area (Å²) in [4.78, 5) is 12.1. The molecular formula is C15H21ClN4S. The van der Waals surface area contributed by atoms with Gasteiger partial charge in [-0.15, -0.1) is 11.3 Å². The lowest BCUT2D eigenvalue weighted by Crippen LogP contribution is -2.35. The molecule has 0 fully saturated rings. The average Bonchev–Trinajstić information content (AvgIpc) is 2.81. The van der Waals surface area contributed by atoms with Gasteiger partial charge < -0.3 is 10.2 Å². The fourth-order valence-electron chi connectivity index (χ4n) is 1.74. The quantitative estimate of drug-likeness (QED) is 0.910. The third-order valence-electron chi connectivity index (χ3n) is 2.88. The topological polar surface area (TPSA) is 41.1 Å². The number of hydrogen-bond donors (Lipinski definition) is 1. The molecule has 0 aliphatic carbocycles. The highest BCUT2D eigenvalue weighted by Gasteiger charge is 2.10. The maximum absolute atomic E-state index is 5.94. The largest absolute Gasteiger partial charge is 0.339 e. The van der Waals surface area contributed by atoms with E-state index in [4.69, 9.17) is 11.6 Å². The molecule has 6 heteroatoms. The molecule has 1 N–H and O–H groups in total. The third-order valence-corrected chi connectivity index (χ3v) is 4.09. The van der Waals surface area contributed by atoms with Gasteiger partial charge in [0.25, 0.3) is 0 Å². The van der Waals surface area contributed by atoms with Crippen LogP contribution in [0.1, 0.15) is 31.2 Å². The Morgan fingerprint density at radius 1 is 1.24 bits per heavy atom. The van der Waals surface area contributed by atoms with Gasteiger partial charge in [-0.3, -0.25) is 0 Å². The average molecular weight is 325 g/mol. The molecule has 0 saturated heterocycles. The summed E-state index contributed by atoms with van der Waals surface area (Å²) in [6.07, 6.45) is 3.75. The summed E-state index contributed by atoms with van der Waals surface area (Å²) < 4.78 is 0.808. The van der Waals surface area contributed by atoms with Crippen LogP contribution in [0.5, 0.6) is 0 Å². The fourth-order valence-corrected chi connectivity index (χ4v) is 2.89. The molecule has 21 heavy (non-hydrogen) atoms. The van der Waals surface area contributed by atoms with Gasteiger partial charge in [-0.1, -0.05) is 11.6 Å². The lowest BCUT2D eigenvalue weighted by molar-refractivity contribution is 0.423. The van der Waals surface area contributed by atoms with Gasteiger partial charge in [0.1, 0.15) is 0 Å². The number of thiophene rings is 1. The number of hydrogen-bond acceptors (Lipinski definition) is 5. The van der Waals surface area contributed by atoms with Crippen molar-refractivity contribution in [1.29, 1.82) is 0 Å². The summed E-state index contributed by atoms with van der Waals surface area (Å²) in [5, 5.41) is 3.42. The predicted molar refractivity (Wildman–Crippen MR) is 90.1 cm³/mol. The summed E-state index contributed by atoms with van der Waals surface area (Å²) in [6, 6.07) is 3.95. The summed E-state index contributed by atoms with van der Waals surface area (Å²) in [5.41, 5.74) is 1.18. The minimum Gasteiger partial charge on any atom is -0.339 e. The van der Waals surface area contributed by atoms with Crippen LogP contribution in [0.25, 0.3) is 0 Å². The zero-order chi connectivity index (χ0) is 15.5. The van der Waals surface area contributed by atoms with Gasteiger partial charge in [0, 0.05) is 42.0 Å². The standard InChI is InChI=1S/C15H21ClN4S/c1-15(2,3)19-9-11-7-17-14(18-8-11)20(4)10-12-5-6-13(16)21-12/h5-8,19H,9-10H2,1-4H3. The minimum atomic E-state index is 0.0912. The van der Waals surface area contributed by atoms with Crippen molar-refractivity contribution in [1.82, 2.24) is 15.3 Å². The van der Waals surface area contributed by atoms with Crippen molar-refractivity contribution in [3.05, 3.63) is 39.3 Å². The SMILES string of the molecule is CN(Cc1ccc(Cl)s1)c1ncc(CNC(C)(C)C)cn1. The zero-order valence-electron chi connectivity index (χ0n) is 12.9. The number of rotatable bonds is 5. The third kappa shape index (κ3) is 5.26. The normalized spacial score (nSPS) is 11.7. The fraction of sp³-hybridized carbons (Fsp3) is 0.467. The predicted octanol–water partition coefficient (Wildman–Crippen LogP) is 3.72. The van der Waals surface area contributed by atoms with Crippen molar-refractivity contribution in [2.24, 2.45) is 0 Å². The van der Waals surface area contributed by atoms with Crippen LogP contribution >= 0.6 is 22.9 Å². The van der Waals surface area contributed by atoms with Crippen LogP contribution in [0.2, 0.25) is 4.34 Å². The van der Waals surface area contributed by atoms with Gasteiger partial charge in [0.15, 0.2) is 0 Å². The van der Waals surface area contributed by atoms with Crippen LogP contribution in [0.4, 0.5) is 5.95 Å². The van der Waals surface area contributed by atoms with Crippen molar-refractivity contribution in [2.75, 3.05) is 11.9 Å². The second-order valence-electron chi connectivity index (χ2n) is 6.06. The van der Waals surface area contributed by atoms with E-state index in [0.717, 1.165) is 28.9 Å². The van der Waals surface area contributed by atoms with Crippen molar-refractivity contribution in [3.8, 4) is 0 Å². The first kappa shape index (κ1) is 16.2. The van der Waals surface area contributed by atoms with E-state index in [0.29, 0.717) is 0 Å². The van der Waals surface area contributed by atoms with Crippen LogP contribution in [0, 0.1) is 0 Å². The Bertz CT molecular complexity index is 574. The maximum atomic E-state index is 5.94. The molecule has 2 rings (SSSR count). The van der Waals surface area contributed by atoms with Gasteiger partial charge >= 0.3 is 0 Å². The molecule has 0 saturated carbocycles. The maximum Gasteiger partial charge on any atom is 0.225 e. The Labute approximate surface area is 135 Å². The zero-order valence-corrected chi connectivity index (χ0v) is 14.4. The monoisotopic (exact) mass is 324 g/mol. The van der Waals surface area contributed by atoms with Crippen LogP contribution in [0.3, 0.4) is 0 Å². The van der Waals surface area contributed by atoms with E-state index >= 15 is 0 Å². The number of halogens is 1. The molecule has 114 valence electrons. The molecule has 0 amide bonds. The highest BCUT2D eigenvalue weighted by atomic mass is 35.5. The summed E-state index contributed by atoms with van der Waals surface area (Å²) in [5.74, 6) is 0.721. The first-order chi connectivity index (χ1) is 9.83. The second-order valence-corrected chi connectivity index (χ2v) is 7.86. The van der Waals surface area contributed by atoms with E-state index in [-0.39, 0.29) is 5.54 Å². The Morgan fingerprint density at radius 3 is 2.43 bits per heavy atom. The second kappa shape index (κ2) is 6.73. The smallest absolute Gasteiger partial charge is 0.225 e. The highest BCUT2D eigenvalue weighted by Crippen LogP contribution is 2.23. The summed E-state index contributed by atoms with van der Waals surface area (Å²) in [7, 11) is 1.98. The van der Waals surface area contributed by atoms with E-state index in [2.05, 4.69) is 36.1 Å². The molecule has 0 atom stereocenters. The van der Waals surface area contributed by atoms with Gasteiger partial charge in [-0.2, -0.15) is 0 Å². The molecule has 2 aromatic rings. The van der Waals surface area contributed by atoms with Gasteiger partial charge in [-0.05, 0) is 32.9 Å². The van der Waals surface area contributed by atoms with E-state index in [1.165, 1.54) is 4.88 Å². The molecule has 0 bridgehead atoms. The Balaban J connectivity index is 1.94. The number of nitrogens with one attached hydrogen (secondary N) is 1. The van der Waals surface area contributed by atoms with Crippen molar-refractivity contribution in [2.45, 2.75) is 39.4 Å². The molecule has 4 nitrogen and oxygen atoms in total. The molecular weight excluding hydrogens is 304 g/mol. The molecule has 0 aliphatic heterocycles. The van der Waals surface area contributed by atoms with Crippen molar-refractivity contribution >= 4 is 28.9 Å². The lowest BCUT2D eigenvalue weighted by atomic mass is 10.1. The summed E-state index contributed by atoms with van der Waals surface area (Å²) >= 11 is 7.53. The van der Waals surface area contributed by atoms with Crippen molar-refractivity contribution < 1.29 is 0 Å².